The van der Waals surface area contributed by atoms with Crippen molar-refractivity contribution in [2.45, 2.75) is 19.3 Å². The number of benzene rings is 3. The van der Waals surface area contributed by atoms with Crippen molar-refractivity contribution in [3.63, 3.8) is 0 Å². The SMILES string of the molecule is CC1(C)c2cccnc2-c2c1n(-c1nc(-c3ccccc3)nc(-c3ccc4oc5ccccc5c4c3)n1)c1ncccc21. The van der Waals surface area contributed by atoms with Crippen molar-refractivity contribution in [1.29, 1.82) is 0 Å². The fraction of sp³-hybridized carbons (Fsp3) is 0.0833. The van der Waals surface area contributed by atoms with E-state index >= 15 is 0 Å². The highest BCUT2D eigenvalue weighted by atomic mass is 16.3. The quantitative estimate of drug-likeness (QED) is 0.218. The lowest BCUT2D eigenvalue weighted by atomic mass is 9.86. The van der Waals surface area contributed by atoms with E-state index < -0.39 is 0 Å². The molecule has 0 unspecified atom stereocenters. The van der Waals surface area contributed by atoms with Gasteiger partial charge in [-0.25, -0.2) is 9.97 Å². The number of hydrogen-bond donors (Lipinski definition) is 0. The van der Waals surface area contributed by atoms with Crippen LogP contribution in [0.1, 0.15) is 25.1 Å². The summed E-state index contributed by atoms with van der Waals surface area (Å²) >= 11 is 0. The number of aromatic nitrogens is 6. The maximum atomic E-state index is 6.10. The van der Waals surface area contributed by atoms with Gasteiger partial charge < -0.3 is 4.42 Å². The highest BCUT2D eigenvalue weighted by Gasteiger charge is 2.42. The maximum absolute atomic E-state index is 6.10. The average Bonchev–Trinajstić information content (AvgIpc) is 3.68. The Morgan fingerprint density at radius 3 is 2.23 bits per heavy atom. The summed E-state index contributed by atoms with van der Waals surface area (Å²) in [6.45, 7) is 4.46. The van der Waals surface area contributed by atoms with Gasteiger partial charge in [0.15, 0.2) is 11.6 Å². The van der Waals surface area contributed by atoms with Crippen LogP contribution >= 0.6 is 0 Å². The first-order chi connectivity index (χ1) is 21.1. The third-order valence-electron chi connectivity index (χ3n) is 8.53. The van der Waals surface area contributed by atoms with E-state index in [2.05, 4.69) is 42.7 Å². The molecule has 0 N–H and O–H groups in total. The highest BCUT2D eigenvalue weighted by molar-refractivity contribution is 6.06. The van der Waals surface area contributed by atoms with Gasteiger partial charge in [0.05, 0.1) is 5.69 Å². The van der Waals surface area contributed by atoms with E-state index in [4.69, 9.17) is 29.3 Å². The van der Waals surface area contributed by atoms with Gasteiger partial charge >= 0.3 is 0 Å². The lowest BCUT2D eigenvalue weighted by Crippen LogP contribution is -2.21. The Hall–Kier alpha value is -5.69. The number of para-hydroxylation sites is 1. The molecular formula is C36H24N6O. The molecule has 43 heavy (non-hydrogen) atoms. The number of rotatable bonds is 3. The van der Waals surface area contributed by atoms with Crippen molar-refractivity contribution >= 4 is 33.0 Å². The Morgan fingerprint density at radius 1 is 0.628 bits per heavy atom. The molecule has 5 aromatic heterocycles. The van der Waals surface area contributed by atoms with Gasteiger partial charge in [-0.2, -0.15) is 9.97 Å². The molecule has 0 spiro atoms. The molecule has 1 aliphatic carbocycles. The molecule has 0 saturated carbocycles. The predicted octanol–water partition coefficient (Wildman–Crippen LogP) is 8.15. The Labute approximate surface area is 246 Å². The van der Waals surface area contributed by atoms with Gasteiger partial charge in [0.1, 0.15) is 16.8 Å². The second-order valence-electron chi connectivity index (χ2n) is 11.4. The van der Waals surface area contributed by atoms with Crippen LogP contribution in [0.5, 0.6) is 0 Å². The molecule has 1 aliphatic rings. The molecule has 7 heteroatoms. The molecule has 0 saturated heterocycles. The number of nitrogens with zero attached hydrogens (tertiary/aromatic N) is 6. The van der Waals surface area contributed by atoms with Crippen LogP contribution in [0.2, 0.25) is 0 Å². The molecule has 3 aromatic carbocycles. The molecule has 7 nitrogen and oxygen atoms in total. The minimum absolute atomic E-state index is 0.353. The van der Waals surface area contributed by atoms with Gasteiger partial charge in [0, 0.05) is 56.4 Å². The highest BCUT2D eigenvalue weighted by Crippen LogP contribution is 2.52. The fourth-order valence-electron chi connectivity index (χ4n) is 6.55. The first-order valence-electron chi connectivity index (χ1n) is 14.3. The fourth-order valence-corrected chi connectivity index (χ4v) is 6.55. The van der Waals surface area contributed by atoms with Gasteiger partial charge in [0.25, 0.3) is 0 Å². The minimum Gasteiger partial charge on any atom is -0.456 e. The topological polar surface area (TPSA) is 82.5 Å². The van der Waals surface area contributed by atoms with Crippen LogP contribution in [0.25, 0.3) is 73.0 Å². The second-order valence-corrected chi connectivity index (χ2v) is 11.4. The zero-order valence-corrected chi connectivity index (χ0v) is 23.5. The van der Waals surface area contributed by atoms with Crippen LogP contribution in [0.3, 0.4) is 0 Å². The third-order valence-corrected chi connectivity index (χ3v) is 8.53. The van der Waals surface area contributed by atoms with Crippen molar-refractivity contribution < 1.29 is 4.42 Å². The number of hydrogen-bond acceptors (Lipinski definition) is 6. The number of fused-ring (bicyclic) bond motifs is 8. The summed E-state index contributed by atoms with van der Waals surface area (Å²) in [6.07, 6.45) is 3.67. The molecule has 0 amide bonds. The summed E-state index contributed by atoms with van der Waals surface area (Å²) in [5, 5.41) is 3.10. The van der Waals surface area contributed by atoms with Crippen LogP contribution in [0.15, 0.2) is 114 Å². The predicted molar refractivity (Wildman–Crippen MR) is 168 cm³/mol. The normalized spacial score (nSPS) is 13.5. The van der Waals surface area contributed by atoms with E-state index in [1.54, 1.807) is 0 Å². The van der Waals surface area contributed by atoms with Crippen molar-refractivity contribution in [2.24, 2.45) is 0 Å². The number of furan rings is 1. The van der Waals surface area contributed by atoms with Crippen molar-refractivity contribution in [3.05, 3.63) is 121 Å². The monoisotopic (exact) mass is 556 g/mol. The molecule has 9 rings (SSSR count). The zero-order chi connectivity index (χ0) is 28.7. The van der Waals surface area contributed by atoms with E-state index in [-0.39, 0.29) is 5.41 Å². The van der Waals surface area contributed by atoms with Gasteiger partial charge in [-0.05, 0) is 48.0 Å². The average molecular weight is 557 g/mol. The van der Waals surface area contributed by atoms with Crippen LogP contribution in [0.4, 0.5) is 0 Å². The van der Waals surface area contributed by atoms with Crippen molar-refractivity contribution in [1.82, 2.24) is 29.5 Å². The van der Waals surface area contributed by atoms with Crippen molar-refractivity contribution in [3.8, 4) is 40.0 Å². The summed E-state index contributed by atoms with van der Waals surface area (Å²) in [5.74, 6) is 1.69. The molecule has 204 valence electrons. The molecule has 0 radical (unpaired) electrons. The van der Waals surface area contributed by atoms with Gasteiger partial charge in [-0.15, -0.1) is 0 Å². The minimum atomic E-state index is -0.353. The molecule has 0 aliphatic heterocycles. The van der Waals surface area contributed by atoms with E-state index in [1.165, 1.54) is 5.56 Å². The van der Waals surface area contributed by atoms with Crippen LogP contribution in [0, 0.1) is 0 Å². The standard InChI is InChI=1S/C36H24N6O/c1-36(2)26-14-9-18-37-30(26)29-24-13-8-19-38-34(24)42(31(29)36)35-40-32(21-10-4-3-5-11-21)39-33(41-35)22-16-17-28-25(20-22)23-12-6-7-15-27(23)43-28/h3-20H,1-2H3. The largest absolute Gasteiger partial charge is 0.456 e. The summed E-state index contributed by atoms with van der Waals surface area (Å²) in [7, 11) is 0. The van der Waals surface area contributed by atoms with E-state index in [1.807, 2.05) is 85.2 Å². The van der Waals surface area contributed by atoms with Gasteiger partial charge in [-0.3, -0.25) is 9.55 Å². The second kappa shape index (κ2) is 8.66. The van der Waals surface area contributed by atoms with Gasteiger partial charge in [-0.1, -0.05) is 68.4 Å². The van der Waals surface area contributed by atoms with E-state index in [0.717, 1.165) is 61.1 Å². The first-order valence-corrected chi connectivity index (χ1v) is 14.3. The van der Waals surface area contributed by atoms with Crippen molar-refractivity contribution in [2.75, 3.05) is 0 Å². The lowest BCUT2D eigenvalue weighted by Gasteiger charge is -2.23. The zero-order valence-electron chi connectivity index (χ0n) is 23.5. The summed E-state index contributed by atoms with van der Waals surface area (Å²) in [6, 6.07) is 32.5. The van der Waals surface area contributed by atoms with E-state index in [0.29, 0.717) is 17.6 Å². The Morgan fingerprint density at radius 2 is 1.35 bits per heavy atom. The lowest BCUT2D eigenvalue weighted by molar-refractivity contribution is 0.615. The molecule has 8 aromatic rings. The summed E-state index contributed by atoms with van der Waals surface area (Å²) in [5.41, 5.74) is 8.22. The van der Waals surface area contributed by atoms with Crippen LogP contribution in [-0.4, -0.2) is 29.5 Å². The molecule has 0 atom stereocenters. The summed E-state index contributed by atoms with van der Waals surface area (Å²) < 4.78 is 8.21. The number of pyridine rings is 2. The molecule has 0 bridgehead atoms. The Bertz CT molecular complexity index is 2390. The van der Waals surface area contributed by atoms with Crippen LogP contribution < -0.4 is 0 Å². The Kier molecular flexibility index (Phi) is 4.82. The van der Waals surface area contributed by atoms with Crippen LogP contribution in [-0.2, 0) is 5.41 Å². The smallest absolute Gasteiger partial charge is 0.239 e. The summed E-state index contributed by atoms with van der Waals surface area (Å²) in [4.78, 5) is 24.9. The van der Waals surface area contributed by atoms with Gasteiger partial charge in [0.2, 0.25) is 5.95 Å². The maximum Gasteiger partial charge on any atom is 0.239 e. The first kappa shape index (κ1) is 24.0. The molecule has 5 heterocycles. The van der Waals surface area contributed by atoms with E-state index in [9.17, 15) is 0 Å². The third kappa shape index (κ3) is 3.39. The molecular weight excluding hydrogens is 532 g/mol. The Balaban J connectivity index is 1.35. The molecule has 0 fully saturated rings.